The van der Waals surface area contributed by atoms with Crippen molar-refractivity contribution >= 4 is 5.97 Å². The van der Waals surface area contributed by atoms with Crippen molar-refractivity contribution in [3.63, 3.8) is 0 Å². The van der Waals surface area contributed by atoms with Crippen LogP contribution in [0.3, 0.4) is 0 Å². The van der Waals surface area contributed by atoms with Gasteiger partial charge in [0, 0.05) is 12.5 Å². The van der Waals surface area contributed by atoms with Crippen molar-refractivity contribution in [3.05, 3.63) is 11.7 Å². The molecule has 1 N–H and O–H groups in total. The van der Waals surface area contributed by atoms with E-state index in [9.17, 15) is 4.79 Å². The predicted molar refractivity (Wildman–Crippen MR) is 64.0 cm³/mol. The molecule has 0 saturated carbocycles. The Bertz CT molecular complexity index is 405. The monoisotopic (exact) mass is 253 g/mol. The van der Waals surface area contributed by atoms with Crippen molar-refractivity contribution in [1.29, 1.82) is 0 Å². The fraction of sp³-hybridized carbons (Fsp3) is 0.750. The van der Waals surface area contributed by atoms with Crippen molar-refractivity contribution in [2.75, 3.05) is 6.54 Å². The lowest BCUT2D eigenvalue weighted by Crippen LogP contribution is -2.40. The molecule has 0 aliphatic carbocycles. The molecule has 1 unspecified atom stereocenters. The maximum Gasteiger partial charge on any atom is 0.304 e. The molecule has 6 heteroatoms. The minimum absolute atomic E-state index is 0.0971. The molecule has 0 aromatic carbocycles. The quantitative estimate of drug-likeness (QED) is 0.855. The minimum atomic E-state index is -0.741. The molecule has 1 aromatic rings. The summed E-state index contributed by atoms with van der Waals surface area (Å²) in [6.07, 6.45) is 4.06. The van der Waals surface area contributed by atoms with Crippen LogP contribution in [-0.4, -0.2) is 38.7 Å². The number of piperidine rings is 1. The number of aromatic nitrogens is 2. The Labute approximate surface area is 106 Å². The summed E-state index contributed by atoms with van der Waals surface area (Å²) in [7, 11) is 0. The summed E-state index contributed by atoms with van der Waals surface area (Å²) < 4.78 is 5.07. The fourth-order valence-corrected chi connectivity index (χ4v) is 2.38. The molecule has 0 radical (unpaired) electrons. The van der Waals surface area contributed by atoms with Gasteiger partial charge in [-0.2, -0.15) is 4.98 Å². The summed E-state index contributed by atoms with van der Waals surface area (Å²) in [5.74, 6) is 0.551. The van der Waals surface area contributed by atoms with Gasteiger partial charge in [0.25, 0.3) is 0 Å². The van der Waals surface area contributed by atoms with Crippen LogP contribution in [0.4, 0.5) is 0 Å². The van der Waals surface area contributed by atoms with Gasteiger partial charge in [0.15, 0.2) is 5.82 Å². The van der Waals surface area contributed by atoms with Gasteiger partial charge in [-0.15, -0.1) is 0 Å². The molecule has 0 bridgehead atoms. The number of rotatable bonds is 5. The first-order valence-electron chi connectivity index (χ1n) is 6.46. The fourth-order valence-electron chi connectivity index (χ4n) is 2.38. The van der Waals surface area contributed by atoms with Crippen LogP contribution in [0.2, 0.25) is 0 Å². The van der Waals surface area contributed by atoms with Crippen LogP contribution >= 0.6 is 0 Å². The van der Waals surface area contributed by atoms with Crippen molar-refractivity contribution in [2.24, 2.45) is 0 Å². The lowest BCUT2D eigenvalue weighted by atomic mass is 9.99. The van der Waals surface area contributed by atoms with Crippen LogP contribution in [-0.2, 0) is 17.8 Å². The Morgan fingerprint density at radius 3 is 3.06 bits per heavy atom. The molecule has 1 aliphatic rings. The second kappa shape index (κ2) is 5.95. The largest absolute Gasteiger partial charge is 0.481 e. The molecule has 1 fully saturated rings. The average molecular weight is 253 g/mol. The van der Waals surface area contributed by atoms with Gasteiger partial charge in [0.05, 0.1) is 13.0 Å². The van der Waals surface area contributed by atoms with E-state index < -0.39 is 5.97 Å². The third kappa shape index (κ3) is 3.29. The van der Waals surface area contributed by atoms with Crippen LogP contribution in [0.1, 0.15) is 44.3 Å². The predicted octanol–water partition coefficient (Wildman–Crippen LogP) is 1.46. The highest BCUT2D eigenvalue weighted by atomic mass is 16.5. The number of hydrogen-bond donors (Lipinski definition) is 1. The molecule has 0 spiro atoms. The first-order valence-corrected chi connectivity index (χ1v) is 6.46. The van der Waals surface area contributed by atoms with Crippen LogP contribution in [0.25, 0.3) is 0 Å². The molecular weight excluding hydrogens is 234 g/mol. The van der Waals surface area contributed by atoms with E-state index in [1.807, 2.05) is 6.92 Å². The van der Waals surface area contributed by atoms with Crippen molar-refractivity contribution < 1.29 is 14.4 Å². The van der Waals surface area contributed by atoms with E-state index >= 15 is 0 Å². The van der Waals surface area contributed by atoms with E-state index in [-0.39, 0.29) is 12.5 Å². The second-order valence-corrected chi connectivity index (χ2v) is 4.68. The maximum absolute atomic E-state index is 10.8. The Hall–Kier alpha value is -1.43. The van der Waals surface area contributed by atoms with Crippen LogP contribution in [0, 0.1) is 0 Å². The van der Waals surface area contributed by atoms with Crippen molar-refractivity contribution in [1.82, 2.24) is 15.0 Å². The number of aryl methyl sites for hydroxylation is 1. The van der Waals surface area contributed by atoms with E-state index in [2.05, 4.69) is 15.0 Å². The number of carbonyl (C=O) groups is 1. The van der Waals surface area contributed by atoms with Gasteiger partial charge >= 0.3 is 5.97 Å². The molecular formula is C12H19N3O3. The summed E-state index contributed by atoms with van der Waals surface area (Å²) in [6.45, 7) is 3.46. The molecule has 0 amide bonds. The van der Waals surface area contributed by atoms with E-state index in [4.69, 9.17) is 9.63 Å². The third-order valence-corrected chi connectivity index (χ3v) is 3.32. The van der Waals surface area contributed by atoms with Crippen LogP contribution in [0.15, 0.2) is 4.52 Å². The van der Waals surface area contributed by atoms with E-state index in [1.54, 1.807) is 0 Å². The molecule has 2 rings (SSSR count). The van der Waals surface area contributed by atoms with E-state index in [1.165, 1.54) is 0 Å². The van der Waals surface area contributed by atoms with Gasteiger partial charge in [-0.05, 0) is 19.4 Å². The maximum atomic E-state index is 10.8. The smallest absolute Gasteiger partial charge is 0.304 e. The van der Waals surface area contributed by atoms with E-state index in [0.29, 0.717) is 18.3 Å². The normalized spacial score (nSPS) is 21.1. The van der Waals surface area contributed by atoms with Crippen LogP contribution < -0.4 is 0 Å². The topological polar surface area (TPSA) is 79.5 Å². The molecule has 100 valence electrons. The molecule has 1 atom stereocenters. The highest BCUT2D eigenvalue weighted by Crippen LogP contribution is 2.21. The van der Waals surface area contributed by atoms with Gasteiger partial charge in [0.1, 0.15) is 0 Å². The lowest BCUT2D eigenvalue weighted by Gasteiger charge is -2.33. The first kappa shape index (κ1) is 13.0. The molecule has 6 nitrogen and oxygen atoms in total. The minimum Gasteiger partial charge on any atom is -0.481 e. The van der Waals surface area contributed by atoms with Gasteiger partial charge < -0.3 is 9.63 Å². The summed E-state index contributed by atoms with van der Waals surface area (Å²) in [6, 6.07) is 0.0971. The average Bonchev–Trinajstić information content (AvgIpc) is 2.79. The van der Waals surface area contributed by atoms with Crippen molar-refractivity contribution in [2.45, 2.75) is 51.6 Å². The SMILES string of the molecule is CCc1nc(CN2CCCCC2CC(=O)O)no1. The zero-order valence-corrected chi connectivity index (χ0v) is 10.6. The second-order valence-electron chi connectivity index (χ2n) is 4.68. The summed E-state index contributed by atoms with van der Waals surface area (Å²) in [4.78, 5) is 17.3. The number of likely N-dealkylation sites (tertiary alicyclic amines) is 1. The number of carboxylic acids is 1. The Balaban J connectivity index is 1.98. The number of nitrogens with zero attached hydrogens (tertiary/aromatic N) is 3. The summed E-state index contributed by atoms with van der Waals surface area (Å²) in [5.41, 5.74) is 0. The number of aliphatic carboxylic acids is 1. The number of hydrogen-bond acceptors (Lipinski definition) is 5. The summed E-state index contributed by atoms with van der Waals surface area (Å²) in [5, 5.41) is 12.8. The van der Waals surface area contributed by atoms with Gasteiger partial charge in [0.2, 0.25) is 5.89 Å². The highest BCUT2D eigenvalue weighted by molar-refractivity contribution is 5.67. The Kier molecular flexibility index (Phi) is 4.30. The molecule has 1 saturated heterocycles. The Morgan fingerprint density at radius 2 is 2.39 bits per heavy atom. The van der Waals surface area contributed by atoms with Crippen molar-refractivity contribution in [3.8, 4) is 0 Å². The molecule has 1 aliphatic heterocycles. The van der Waals surface area contributed by atoms with Crippen LogP contribution in [0.5, 0.6) is 0 Å². The highest BCUT2D eigenvalue weighted by Gasteiger charge is 2.25. The van der Waals surface area contributed by atoms with Gasteiger partial charge in [-0.3, -0.25) is 9.69 Å². The Morgan fingerprint density at radius 1 is 1.56 bits per heavy atom. The number of carboxylic acid groups (broad SMARTS) is 1. The van der Waals surface area contributed by atoms with Gasteiger partial charge in [-0.25, -0.2) is 0 Å². The molecule has 1 aromatic heterocycles. The van der Waals surface area contributed by atoms with Gasteiger partial charge in [-0.1, -0.05) is 18.5 Å². The zero-order valence-electron chi connectivity index (χ0n) is 10.6. The third-order valence-electron chi connectivity index (χ3n) is 3.32. The summed E-state index contributed by atoms with van der Waals surface area (Å²) >= 11 is 0. The lowest BCUT2D eigenvalue weighted by molar-refractivity contribution is -0.138. The standard InChI is InChI=1S/C12H19N3O3/c1-2-11-13-10(14-18-11)8-15-6-4-3-5-9(15)7-12(16)17/h9H,2-8H2,1H3,(H,16,17). The van der Waals surface area contributed by atoms with E-state index in [0.717, 1.165) is 32.2 Å². The molecule has 2 heterocycles. The first-order chi connectivity index (χ1) is 8.69. The molecule has 18 heavy (non-hydrogen) atoms. The zero-order chi connectivity index (χ0) is 13.0.